The number of anilines is 1. The molecule has 0 aromatic heterocycles. The van der Waals surface area contributed by atoms with E-state index in [-0.39, 0.29) is 18.2 Å². The molecule has 7 heteroatoms. The molecule has 0 radical (unpaired) electrons. The number of carbonyl (C=O) groups excluding carboxylic acids is 2. The molecule has 0 heterocycles. The molecule has 0 bridgehead atoms. The van der Waals surface area contributed by atoms with Gasteiger partial charge < -0.3 is 15.1 Å². The third-order valence-electron chi connectivity index (χ3n) is 3.26. The number of hydrogen-bond donors (Lipinski definition) is 1. The van der Waals surface area contributed by atoms with Gasteiger partial charge in [-0.05, 0) is 45.3 Å². The van der Waals surface area contributed by atoms with Crippen LogP contribution in [0.4, 0.5) is 5.69 Å². The molecule has 5 nitrogen and oxygen atoms in total. The third-order valence-corrected chi connectivity index (χ3v) is 4.00. The summed E-state index contributed by atoms with van der Waals surface area (Å²) in [7, 11) is 3.98. The number of carbonyl (C=O) groups is 2. The third kappa shape index (κ3) is 7.20. The summed E-state index contributed by atoms with van der Waals surface area (Å²) in [6.07, 6.45) is 1.13. The Morgan fingerprint density at radius 2 is 1.83 bits per heavy atom. The van der Waals surface area contributed by atoms with Crippen LogP contribution in [0.2, 0.25) is 10.0 Å². The second-order valence-corrected chi connectivity index (χ2v) is 6.34. The van der Waals surface area contributed by atoms with E-state index in [9.17, 15) is 9.59 Å². The lowest BCUT2D eigenvalue weighted by Crippen LogP contribution is -2.34. The fraction of sp³-hybridized carbons (Fsp3) is 0.500. The summed E-state index contributed by atoms with van der Waals surface area (Å²) in [5.41, 5.74) is 0.632. The Bertz CT molecular complexity index is 550. The normalized spacial score (nSPS) is 10.7. The summed E-state index contributed by atoms with van der Waals surface area (Å²) in [6.45, 7) is 3.30. The summed E-state index contributed by atoms with van der Waals surface area (Å²) < 4.78 is 0. The monoisotopic (exact) mass is 359 g/mol. The van der Waals surface area contributed by atoms with Crippen LogP contribution < -0.4 is 10.2 Å². The smallest absolute Gasteiger partial charge is 0.223 e. The van der Waals surface area contributed by atoms with Crippen LogP contribution in [0, 0.1) is 0 Å². The van der Waals surface area contributed by atoms with Crippen LogP contribution in [0.15, 0.2) is 18.2 Å². The van der Waals surface area contributed by atoms with Crippen molar-refractivity contribution in [3.05, 3.63) is 28.2 Å². The zero-order chi connectivity index (χ0) is 17.4. The lowest BCUT2D eigenvalue weighted by molar-refractivity contribution is -0.121. The van der Waals surface area contributed by atoms with Crippen LogP contribution in [-0.2, 0) is 9.59 Å². The van der Waals surface area contributed by atoms with Crippen molar-refractivity contribution in [2.75, 3.05) is 38.6 Å². The Labute approximate surface area is 147 Å². The van der Waals surface area contributed by atoms with Gasteiger partial charge in [0.05, 0.1) is 10.0 Å². The van der Waals surface area contributed by atoms with Crippen molar-refractivity contribution in [2.24, 2.45) is 0 Å². The maximum absolute atomic E-state index is 11.9. The fourth-order valence-electron chi connectivity index (χ4n) is 2.05. The van der Waals surface area contributed by atoms with Gasteiger partial charge in [-0.15, -0.1) is 0 Å². The van der Waals surface area contributed by atoms with Crippen LogP contribution >= 0.6 is 23.2 Å². The van der Waals surface area contributed by atoms with Gasteiger partial charge in [-0.1, -0.05) is 23.2 Å². The van der Waals surface area contributed by atoms with Crippen LogP contribution in [0.3, 0.4) is 0 Å². The molecule has 0 atom stereocenters. The predicted molar refractivity (Wildman–Crippen MR) is 95.3 cm³/mol. The molecule has 0 saturated heterocycles. The molecule has 0 saturated carbocycles. The van der Waals surface area contributed by atoms with E-state index >= 15 is 0 Å². The maximum Gasteiger partial charge on any atom is 0.223 e. The summed E-state index contributed by atoms with van der Waals surface area (Å²) in [4.78, 5) is 27.2. The lowest BCUT2D eigenvalue weighted by atomic mass is 10.2. The Balaban J connectivity index is 2.52. The zero-order valence-corrected chi connectivity index (χ0v) is 15.2. The number of amides is 2. The Hall–Kier alpha value is -1.30. The van der Waals surface area contributed by atoms with Gasteiger partial charge in [0.1, 0.15) is 0 Å². The largest absolute Gasteiger partial charge is 0.356 e. The second-order valence-electron chi connectivity index (χ2n) is 5.53. The topological polar surface area (TPSA) is 52.7 Å². The number of rotatable bonds is 8. The quantitative estimate of drug-likeness (QED) is 0.726. The minimum absolute atomic E-state index is 0.0740. The van der Waals surface area contributed by atoms with Crippen molar-refractivity contribution < 1.29 is 9.59 Å². The number of halogens is 2. The number of hydrogen-bond acceptors (Lipinski definition) is 3. The summed E-state index contributed by atoms with van der Waals surface area (Å²) in [5.74, 6) is -0.223. The summed E-state index contributed by atoms with van der Waals surface area (Å²) in [5, 5.41) is 3.66. The van der Waals surface area contributed by atoms with Crippen molar-refractivity contribution in [1.29, 1.82) is 0 Å². The first-order valence-corrected chi connectivity index (χ1v) is 8.21. The van der Waals surface area contributed by atoms with Crippen molar-refractivity contribution in [1.82, 2.24) is 10.2 Å². The van der Waals surface area contributed by atoms with Gasteiger partial charge in [0.15, 0.2) is 0 Å². The number of nitrogens with zero attached hydrogens (tertiary/aromatic N) is 2. The van der Waals surface area contributed by atoms with Crippen LogP contribution in [0.5, 0.6) is 0 Å². The molecule has 0 aliphatic rings. The Morgan fingerprint density at radius 1 is 1.13 bits per heavy atom. The molecular formula is C16H23Cl2N3O2. The summed E-state index contributed by atoms with van der Waals surface area (Å²) >= 11 is 11.9. The number of benzene rings is 1. The fourth-order valence-corrected chi connectivity index (χ4v) is 2.34. The molecule has 2 amide bonds. The van der Waals surface area contributed by atoms with E-state index < -0.39 is 0 Å². The van der Waals surface area contributed by atoms with Crippen molar-refractivity contribution in [2.45, 2.75) is 19.8 Å². The van der Waals surface area contributed by atoms with Gasteiger partial charge in [-0.2, -0.15) is 0 Å². The maximum atomic E-state index is 11.9. The SMILES string of the molecule is CC(=O)N(CCC(=O)NCCCN(C)C)c1ccc(Cl)c(Cl)c1. The molecule has 0 aliphatic carbocycles. The van der Waals surface area contributed by atoms with Gasteiger partial charge in [0.25, 0.3) is 0 Å². The minimum Gasteiger partial charge on any atom is -0.356 e. The standard InChI is InChI=1S/C16H23Cl2N3O2/c1-12(22)21(13-5-6-14(17)15(18)11-13)10-7-16(23)19-8-4-9-20(2)3/h5-6,11H,4,7-10H2,1-3H3,(H,19,23). The van der Waals surface area contributed by atoms with Crippen molar-refractivity contribution >= 4 is 40.7 Å². The average Bonchev–Trinajstić information content (AvgIpc) is 2.47. The van der Waals surface area contributed by atoms with Crippen LogP contribution in [-0.4, -0.2) is 50.4 Å². The lowest BCUT2D eigenvalue weighted by Gasteiger charge is -2.21. The molecule has 1 rings (SSSR count). The molecule has 1 aromatic carbocycles. The van der Waals surface area contributed by atoms with Crippen LogP contribution in [0.25, 0.3) is 0 Å². The van der Waals surface area contributed by atoms with Gasteiger partial charge in [0.2, 0.25) is 11.8 Å². The van der Waals surface area contributed by atoms with Crippen molar-refractivity contribution in [3.8, 4) is 0 Å². The molecule has 0 fully saturated rings. The molecule has 0 spiro atoms. The highest BCUT2D eigenvalue weighted by atomic mass is 35.5. The van der Waals surface area contributed by atoms with E-state index in [4.69, 9.17) is 23.2 Å². The molecule has 0 aliphatic heterocycles. The van der Waals surface area contributed by atoms with E-state index in [1.807, 2.05) is 14.1 Å². The van der Waals surface area contributed by atoms with Gasteiger partial charge in [-0.25, -0.2) is 0 Å². The molecular weight excluding hydrogens is 337 g/mol. The van der Waals surface area contributed by atoms with Crippen molar-refractivity contribution in [3.63, 3.8) is 0 Å². The highest BCUT2D eigenvalue weighted by Gasteiger charge is 2.14. The van der Waals surface area contributed by atoms with E-state index in [0.717, 1.165) is 13.0 Å². The highest BCUT2D eigenvalue weighted by Crippen LogP contribution is 2.27. The number of nitrogens with one attached hydrogen (secondary N) is 1. The highest BCUT2D eigenvalue weighted by molar-refractivity contribution is 6.42. The molecule has 1 N–H and O–H groups in total. The van der Waals surface area contributed by atoms with Gasteiger partial charge >= 0.3 is 0 Å². The van der Waals surface area contributed by atoms with Crippen LogP contribution in [0.1, 0.15) is 19.8 Å². The molecule has 0 unspecified atom stereocenters. The minimum atomic E-state index is -0.149. The molecule has 23 heavy (non-hydrogen) atoms. The van der Waals surface area contributed by atoms with E-state index in [2.05, 4.69) is 10.2 Å². The first-order chi connectivity index (χ1) is 10.8. The molecule has 128 valence electrons. The van der Waals surface area contributed by atoms with E-state index in [0.29, 0.717) is 28.8 Å². The predicted octanol–water partition coefficient (Wildman–Crippen LogP) is 2.80. The van der Waals surface area contributed by atoms with E-state index in [1.54, 1.807) is 18.2 Å². The second kappa shape index (κ2) is 9.75. The summed E-state index contributed by atoms with van der Waals surface area (Å²) in [6, 6.07) is 4.97. The first-order valence-electron chi connectivity index (χ1n) is 7.46. The average molecular weight is 360 g/mol. The Morgan fingerprint density at radius 3 is 2.39 bits per heavy atom. The van der Waals surface area contributed by atoms with E-state index in [1.165, 1.54) is 11.8 Å². The zero-order valence-electron chi connectivity index (χ0n) is 13.7. The Kier molecular flexibility index (Phi) is 8.37. The molecule has 1 aromatic rings. The first kappa shape index (κ1) is 19.7. The van der Waals surface area contributed by atoms with Gasteiger partial charge in [0, 0.05) is 32.1 Å². The van der Waals surface area contributed by atoms with Gasteiger partial charge in [-0.3, -0.25) is 9.59 Å².